The van der Waals surface area contributed by atoms with E-state index in [4.69, 9.17) is 4.74 Å². The molecule has 1 aromatic carbocycles. The van der Waals surface area contributed by atoms with E-state index in [0.29, 0.717) is 18.1 Å². The zero-order chi connectivity index (χ0) is 11.0. The van der Waals surface area contributed by atoms with E-state index in [1.54, 1.807) is 0 Å². The number of ether oxygens (including phenoxy) is 1. The van der Waals surface area contributed by atoms with Crippen LogP contribution in [0.1, 0.15) is 24.2 Å². The van der Waals surface area contributed by atoms with Gasteiger partial charge in [0.2, 0.25) is 0 Å². The molecule has 3 nitrogen and oxygen atoms in total. The zero-order valence-electron chi connectivity index (χ0n) is 9.57. The Balaban J connectivity index is 1.68. The predicted octanol–water partition coefficient (Wildman–Crippen LogP) is 1.41. The van der Waals surface area contributed by atoms with Crippen molar-refractivity contribution in [2.45, 2.75) is 25.7 Å². The average Bonchev–Trinajstić information content (AvgIpc) is 2.59. The molecule has 16 heavy (non-hydrogen) atoms. The summed E-state index contributed by atoms with van der Waals surface area (Å²) < 4.78 is 5.23. The van der Waals surface area contributed by atoms with Crippen molar-refractivity contribution >= 4 is 0 Å². The predicted molar refractivity (Wildman–Crippen MR) is 62.9 cm³/mol. The molecule has 2 aliphatic heterocycles. The summed E-state index contributed by atoms with van der Waals surface area (Å²) in [4.78, 5) is 0. The van der Waals surface area contributed by atoms with Crippen LogP contribution in [-0.4, -0.2) is 19.3 Å². The molecule has 0 spiro atoms. The SMILES string of the molecule is CC(NC1NCc2ccccc21)C1COC1. The van der Waals surface area contributed by atoms with Crippen LogP contribution in [0.2, 0.25) is 0 Å². The minimum Gasteiger partial charge on any atom is -0.381 e. The topological polar surface area (TPSA) is 33.3 Å². The number of hydrogen-bond donors (Lipinski definition) is 2. The second-order valence-electron chi connectivity index (χ2n) is 4.77. The number of benzene rings is 1. The van der Waals surface area contributed by atoms with Gasteiger partial charge in [-0.2, -0.15) is 0 Å². The molecular formula is C13H18N2O. The maximum Gasteiger partial charge on any atom is 0.0843 e. The molecule has 0 aliphatic carbocycles. The van der Waals surface area contributed by atoms with Crippen molar-refractivity contribution in [2.75, 3.05) is 13.2 Å². The molecular weight excluding hydrogens is 200 g/mol. The Morgan fingerprint density at radius 2 is 2.19 bits per heavy atom. The normalized spacial score (nSPS) is 26.2. The highest BCUT2D eigenvalue weighted by molar-refractivity contribution is 5.33. The molecule has 1 saturated heterocycles. The molecule has 2 heterocycles. The first-order chi connectivity index (χ1) is 7.84. The van der Waals surface area contributed by atoms with E-state index in [2.05, 4.69) is 41.8 Å². The van der Waals surface area contributed by atoms with E-state index in [1.807, 2.05) is 0 Å². The molecule has 1 aromatic rings. The summed E-state index contributed by atoms with van der Waals surface area (Å²) in [6, 6.07) is 9.12. The van der Waals surface area contributed by atoms with E-state index in [-0.39, 0.29) is 0 Å². The standard InChI is InChI=1S/C13H18N2O/c1-9(11-7-16-8-11)15-13-12-5-3-2-4-10(12)6-14-13/h2-5,9,11,13-15H,6-8H2,1H3. The smallest absolute Gasteiger partial charge is 0.0843 e. The third-order valence-electron chi connectivity index (χ3n) is 3.66. The van der Waals surface area contributed by atoms with Gasteiger partial charge in [0.05, 0.1) is 19.4 Å². The van der Waals surface area contributed by atoms with Gasteiger partial charge in [0.15, 0.2) is 0 Å². The summed E-state index contributed by atoms with van der Waals surface area (Å²) in [6.45, 7) is 5.03. The van der Waals surface area contributed by atoms with Crippen LogP contribution in [0.3, 0.4) is 0 Å². The van der Waals surface area contributed by atoms with Gasteiger partial charge in [0.1, 0.15) is 0 Å². The van der Waals surface area contributed by atoms with Gasteiger partial charge < -0.3 is 4.74 Å². The van der Waals surface area contributed by atoms with Crippen molar-refractivity contribution in [2.24, 2.45) is 5.92 Å². The van der Waals surface area contributed by atoms with Crippen LogP contribution in [0.15, 0.2) is 24.3 Å². The van der Waals surface area contributed by atoms with Gasteiger partial charge in [0.25, 0.3) is 0 Å². The van der Waals surface area contributed by atoms with Crippen LogP contribution in [0.25, 0.3) is 0 Å². The maximum absolute atomic E-state index is 5.23. The molecule has 2 unspecified atom stereocenters. The molecule has 86 valence electrons. The van der Waals surface area contributed by atoms with E-state index >= 15 is 0 Å². The summed E-state index contributed by atoms with van der Waals surface area (Å²) in [6.07, 6.45) is 0.312. The Hall–Kier alpha value is -0.900. The first-order valence-corrected chi connectivity index (χ1v) is 5.99. The van der Waals surface area contributed by atoms with Crippen LogP contribution in [0, 0.1) is 5.92 Å². The molecule has 0 saturated carbocycles. The summed E-state index contributed by atoms with van der Waals surface area (Å²) >= 11 is 0. The molecule has 0 aromatic heterocycles. The Labute approximate surface area is 96.2 Å². The van der Waals surface area contributed by atoms with Crippen LogP contribution in [0.5, 0.6) is 0 Å². The van der Waals surface area contributed by atoms with E-state index < -0.39 is 0 Å². The maximum atomic E-state index is 5.23. The van der Waals surface area contributed by atoms with Crippen LogP contribution in [0.4, 0.5) is 0 Å². The van der Waals surface area contributed by atoms with Crippen LogP contribution >= 0.6 is 0 Å². The largest absolute Gasteiger partial charge is 0.381 e. The minimum atomic E-state index is 0.312. The van der Waals surface area contributed by atoms with Crippen molar-refractivity contribution in [3.63, 3.8) is 0 Å². The Morgan fingerprint density at radius 3 is 2.94 bits per heavy atom. The molecule has 2 atom stereocenters. The Bertz CT molecular complexity index is 376. The van der Waals surface area contributed by atoms with Crippen LogP contribution < -0.4 is 10.6 Å². The van der Waals surface area contributed by atoms with Crippen molar-refractivity contribution in [3.8, 4) is 0 Å². The zero-order valence-corrected chi connectivity index (χ0v) is 9.57. The van der Waals surface area contributed by atoms with Crippen molar-refractivity contribution in [1.82, 2.24) is 10.6 Å². The van der Waals surface area contributed by atoms with Gasteiger partial charge >= 0.3 is 0 Å². The molecule has 3 heteroatoms. The van der Waals surface area contributed by atoms with Gasteiger partial charge in [-0.25, -0.2) is 0 Å². The lowest BCUT2D eigenvalue weighted by Crippen LogP contribution is -2.47. The van der Waals surface area contributed by atoms with Gasteiger partial charge in [0, 0.05) is 18.5 Å². The highest BCUT2D eigenvalue weighted by Gasteiger charge is 2.29. The average molecular weight is 218 g/mol. The fraction of sp³-hybridized carbons (Fsp3) is 0.538. The quantitative estimate of drug-likeness (QED) is 0.805. The monoisotopic (exact) mass is 218 g/mol. The summed E-state index contributed by atoms with van der Waals surface area (Å²) in [5.74, 6) is 0.676. The van der Waals surface area contributed by atoms with E-state index in [9.17, 15) is 0 Å². The molecule has 0 radical (unpaired) electrons. The number of nitrogens with one attached hydrogen (secondary N) is 2. The highest BCUT2D eigenvalue weighted by Crippen LogP contribution is 2.25. The molecule has 0 bridgehead atoms. The molecule has 1 fully saturated rings. The second kappa shape index (κ2) is 4.17. The second-order valence-corrected chi connectivity index (χ2v) is 4.77. The molecule has 0 amide bonds. The minimum absolute atomic E-state index is 0.312. The lowest BCUT2D eigenvalue weighted by Gasteiger charge is -2.34. The fourth-order valence-corrected chi connectivity index (χ4v) is 2.39. The number of rotatable bonds is 3. The van der Waals surface area contributed by atoms with Gasteiger partial charge in [-0.15, -0.1) is 0 Å². The molecule has 2 aliphatic rings. The lowest BCUT2D eigenvalue weighted by molar-refractivity contribution is -0.0486. The first-order valence-electron chi connectivity index (χ1n) is 5.99. The fourth-order valence-electron chi connectivity index (χ4n) is 2.39. The summed E-state index contributed by atoms with van der Waals surface area (Å²) in [5, 5.41) is 7.15. The van der Waals surface area contributed by atoms with Crippen LogP contribution in [-0.2, 0) is 11.3 Å². The third kappa shape index (κ3) is 1.75. The van der Waals surface area contributed by atoms with Crippen molar-refractivity contribution in [1.29, 1.82) is 0 Å². The highest BCUT2D eigenvalue weighted by atomic mass is 16.5. The third-order valence-corrected chi connectivity index (χ3v) is 3.66. The van der Waals surface area contributed by atoms with Gasteiger partial charge in [-0.05, 0) is 18.1 Å². The number of hydrogen-bond acceptors (Lipinski definition) is 3. The van der Waals surface area contributed by atoms with Crippen molar-refractivity contribution in [3.05, 3.63) is 35.4 Å². The van der Waals surface area contributed by atoms with E-state index in [1.165, 1.54) is 11.1 Å². The number of fused-ring (bicyclic) bond motifs is 1. The summed E-state index contributed by atoms with van der Waals surface area (Å²) in [7, 11) is 0. The van der Waals surface area contributed by atoms with E-state index in [0.717, 1.165) is 19.8 Å². The Kier molecular flexibility index (Phi) is 2.67. The van der Waals surface area contributed by atoms with Gasteiger partial charge in [-0.1, -0.05) is 24.3 Å². The molecule has 3 rings (SSSR count). The Morgan fingerprint density at radius 1 is 1.38 bits per heavy atom. The summed E-state index contributed by atoms with van der Waals surface area (Å²) in [5.41, 5.74) is 2.81. The van der Waals surface area contributed by atoms with Crippen molar-refractivity contribution < 1.29 is 4.74 Å². The lowest BCUT2D eigenvalue weighted by atomic mass is 9.99. The molecule has 2 N–H and O–H groups in total. The van der Waals surface area contributed by atoms with Gasteiger partial charge in [-0.3, -0.25) is 10.6 Å². The first kappa shape index (κ1) is 10.3.